The molecule has 0 aliphatic carbocycles. The number of likely N-dealkylation sites (tertiary alicyclic amines) is 2. The molecular weight excluding hydrogens is 398 g/mol. The Kier molecular flexibility index (Phi) is 7.26. The number of aryl methyl sites for hydroxylation is 2. The second-order valence-electron chi connectivity index (χ2n) is 9.37. The van der Waals surface area contributed by atoms with Crippen molar-refractivity contribution >= 4 is 17.5 Å². The SMILES string of the molecule is Cc1ccc(NC(=O)C2CCN(C3CCN(C(=O)Cc4ccccc4)CC3)CC2)cc1C. The number of nitrogens with zero attached hydrogens (tertiary/aromatic N) is 2. The zero-order valence-electron chi connectivity index (χ0n) is 19.3. The van der Waals surface area contributed by atoms with Gasteiger partial charge in [0.25, 0.3) is 0 Å². The van der Waals surface area contributed by atoms with Crippen LogP contribution < -0.4 is 5.32 Å². The van der Waals surface area contributed by atoms with Crippen molar-refractivity contribution in [3.8, 4) is 0 Å². The first-order valence-electron chi connectivity index (χ1n) is 11.9. The Bertz CT molecular complexity index is 927. The summed E-state index contributed by atoms with van der Waals surface area (Å²) in [5.41, 5.74) is 4.42. The van der Waals surface area contributed by atoms with Gasteiger partial charge in [0.1, 0.15) is 0 Å². The summed E-state index contributed by atoms with van der Waals surface area (Å²) in [5.74, 6) is 0.464. The molecule has 0 aromatic heterocycles. The van der Waals surface area contributed by atoms with Gasteiger partial charge in [0.15, 0.2) is 0 Å². The second kappa shape index (κ2) is 10.3. The molecule has 0 atom stereocenters. The van der Waals surface area contributed by atoms with Gasteiger partial charge in [0, 0.05) is 30.7 Å². The van der Waals surface area contributed by atoms with Crippen molar-refractivity contribution in [2.75, 3.05) is 31.5 Å². The summed E-state index contributed by atoms with van der Waals surface area (Å²) in [6.45, 7) is 7.76. The molecule has 2 heterocycles. The number of benzene rings is 2. The van der Waals surface area contributed by atoms with E-state index in [1.54, 1.807) is 0 Å². The van der Waals surface area contributed by atoms with Crippen LogP contribution in [-0.2, 0) is 16.0 Å². The third-order valence-corrected chi connectivity index (χ3v) is 7.21. The number of hydrogen-bond acceptors (Lipinski definition) is 3. The number of nitrogens with one attached hydrogen (secondary N) is 1. The molecule has 2 aromatic rings. The highest BCUT2D eigenvalue weighted by atomic mass is 16.2. The van der Waals surface area contributed by atoms with Crippen LogP contribution in [0.1, 0.15) is 42.4 Å². The minimum Gasteiger partial charge on any atom is -0.342 e. The Morgan fingerprint density at radius 3 is 2.22 bits per heavy atom. The Labute approximate surface area is 191 Å². The molecule has 32 heavy (non-hydrogen) atoms. The molecule has 170 valence electrons. The quantitative estimate of drug-likeness (QED) is 0.769. The van der Waals surface area contributed by atoms with E-state index >= 15 is 0 Å². The first-order chi connectivity index (χ1) is 15.5. The topological polar surface area (TPSA) is 52.7 Å². The summed E-state index contributed by atoms with van der Waals surface area (Å²) in [6.07, 6.45) is 4.36. The van der Waals surface area contributed by atoms with Crippen molar-refractivity contribution in [2.24, 2.45) is 5.92 Å². The molecule has 0 saturated carbocycles. The van der Waals surface area contributed by atoms with Crippen molar-refractivity contribution in [3.63, 3.8) is 0 Å². The smallest absolute Gasteiger partial charge is 0.227 e. The van der Waals surface area contributed by atoms with Crippen LogP contribution in [0.5, 0.6) is 0 Å². The van der Waals surface area contributed by atoms with Crippen LogP contribution in [-0.4, -0.2) is 53.8 Å². The molecule has 2 aliphatic rings. The van der Waals surface area contributed by atoms with Gasteiger partial charge in [-0.25, -0.2) is 0 Å². The van der Waals surface area contributed by atoms with Crippen LogP contribution in [0.2, 0.25) is 0 Å². The van der Waals surface area contributed by atoms with Crippen molar-refractivity contribution in [1.82, 2.24) is 9.80 Å². The van der Waals surface area contributed by atoms with Crippen LogP contribution in [0.15, 0.2) is 48.5 Å². The van der Waals surface area contributed by atoms with E-state index in [2.05, 4.69) is 36.2 Å². The molecule has 2 fully saturated rings. The molecule has 2 aromatic carbocycles. The van der Waals surface area contributed by atoms with E-state index in [4.69, 9.17) is 0 Å². The molecule has 0 radical (unpaired) electrons. The van der Waals surface area contributed by atoms with E-state index < -0.39 is 0 Å². The molecule has 2 saturated heterocycles. The van der Waals surface area contributed by atoms with Gasteiger partial charge in [-0.15, -0.1) is 0 Å². The highest BCUT2D eigenvalue weighted by molar-refractivity contribution is 5.92. The fourth-order valence-electron chi connectivity index (χ4n) is 4.95. The molecule has 0 spiro atoms. The minimum absolute atomic E-state index is 0.0837. The van der Waals surface area contributed by atoms with E-state index in [9.17, 15) is 9.59 Å². The van der Waals surface area contributed by atoms with Gasteiger partial charge >= 0.3 is 0 Å². The molecule has 2 amide bonds. The van der Waals surface area contributed by atoms with Crippen LogP contribution >= 0.6 is 0 Å². The van der Waals surface area contributed by atoms with Gasteiger partial charge in [-0.1, -0.05) is 36.4 Å². The average molecular weight is 434 g/mol. The summed E-state index contributed by atoms with van der Waals surface area (Å²) < 4.78 is 0. The first kappa shape index (κ1) is 22.5. The number of hydrogen-bond donors (Lipinski definition) is 1. The predicted molar refractivity (Wildman–Crippen MR) is 129 cm³/mol. The lowest BCUT2D eigenvalue weighted by molar-refractivity contribution is -0.132. The van der Waals surface area contributed by atoms with Gasteiger partial charge in [-0.2, -0.15) is 0 Å². The highest BCUT2D eigenvalue weighted by Crippen LogP contribution is 2.25. The third kappa shape index (κ3) is 5.57. The van der Waals surface area contributed by atoms with Crippen LogP contribution in [0.3, 0.4) is 0 Å². The number of rotatable bonds is 5. The third-order valence-electron chi connectivity index (χ3n) is 7.21. The molecule has 0 unspecified atom stereocenters. The summed E-state index contributed by atoms with van der Waals surface area (Å²) >= 11 is 0. The number of amides is 2. The molecule has 5 heteroatoms. The second-order valence-corrected chi connectivity index (χ2v) is 9.37. The van der Waals surface area contributed by atoms with E-state index in [0.717, 1.165) is 63.1 Å². The van der Waals surface area contributed by atoms with Crippen molar-refractivity contribution < 1.29 is 9.59 Å². The van der Waals surface area contributed by atoms with Crippen molar-refractivity contribution in [2.45, 2.75) is 52.0 Å². The number of anilines is 1. The van der Waals surface area contributed by atoms with Gasteiger partial charge < -0.3 is 15.1 Å². The van der Waals surface area contributed by atoms with Crippen LogP contribution in [0.25, 0.3) is 0 Å². The lowest BCUT2D eigenvalue weighted by Crippen LogP contribution is -2.50. The monoisotopic (exact) mass is 433 g/mol. The van der Waals surface area contributed by atoms with Gasteiger partial charge in [0.05, 0.1) is 6.42 Å². The molecule has 5 nitrogen and oxygen atoms in total. The lowest BCUT2D eigenvalue weighted by atomic mass is 9.92. The maximum Gasteiger partial charge on any atom is 0.227 e. The zero-order valence-corrected chi connectivity index (χ0v) is 19.3. The Morgan fingerprint density at radius 1 is 0.875 bits per heavy atom. The Balaban J connectivity index is 1.20. The number of carbonyl (C=O) groups excluding carboxylic acids is 2. The molecule has 1 N–H and O–H groups in total. The van der Waals surface area contributed by atoms with E-state index in [0.29, 0.717) is 12.5 Å². The predicted octanol–water partition coefficient (Wildman–Crippen LogP) is 4.19. The van der Waals surface area contributed by atoms with Gasteiger partial charge in [0.2, 0.25) is 11.8 Å². The van der Waals surface area contributed by atoms with Crippen molar-refractivity contribution in [3.05, 3.63) is 65.2 Å². The molecular formula is C27H35N3O2. The van der Waals surface area contributed by atoms with Gasteiger partial charge in [-0.3, -0.25) is 9.59 Å². The lowest BCUT2D eigenvalue weighted by Gasteiger charge is -2.41. The normalized spacial score (nSPS) is 18.5. The fraction of sp³-hybridized carbons (Fsp3) is 0.481. The summed E-state index contributed by atoms with van der Waals surface area (Å²) in [4.78, 5) is 29.9. The molecule has 2 aliphatic heterocycles. The maximum absolute atomic E-state index is 12.7. The maximum atomic E-state index is 12.7. The standard InChI is InChI=1S/C27H35N3O2/c1-20-8-9-24(18-21(20)2)28-27(32)23-10-14-29(15-11-23)25-12-16-30(17-13-25)26(31)19-22-6-4-3-5-7-22/h3-9,18,23,25H,10-17,19H2,1-2H3,(H,28,32). The average Bonchev–Trinajstić information content (AvgIpc) is 2.82. The van der Waals surface area contributed by atoms with Crippen molar-refractivity contribution in [1.29, 1.82) is 0 Å². The number of piperidine rings is 2. The zero-order chi connectivity index (χ0) is 22.5. The summed E-state index contributed by atoms with van der Waals surface area (Å²) in [5, 5.41) is 3.11. The first-order valence-corrected chi connectivity index (χ1v) is 11.9. The minimum atomic E-state index is 0.0837. The highest BCUT2D eigenvalue weighted by Gasteiger charge is 2.31. The fourth-order valence-corrected chi connectivity index (χ4v) is 4.95. The van der Waals surface area contributed by atoms with E-state index in [-0.39, 0.29) is 17.7 Å². The van der Waals surface area contributed by atoms with Gasteiger partial charge in [-0.05, 0) is 81.4 Å². The van der Waals surface area contributed by atoms with E-state index in [1.165, 1.54) is 11.1 Å². The van der Waals surface area contributed by atoms with Crippen LogP contribution in [0, 0.1) is 19.8 Å². The Hall–Kier alpha value is -2.66. The summed E-state index contributed by atoms with van der Waals surface area (Å²) in [6, 6.07) is 16.6. The Morgan fingerprint density at radius 2 is 1.56 bits per heavy atom. The summed E-state index contributed by atoms with van der Waals surface area (Å²) in [7, 11) is 0. The molecule has 0 bridgehead atoms. The number of carbonyl (C=O) groups is 2. The van der Waals surface area contributed by atoms with Crippen LogP contribution in [0.4, 0.5) is 5.69 Å². The molecule has 4 rings (SSSR count). The largest absolute Gasteiger partial charge is 0.342 e. The van der Waals surface area contributed by atoms with E-state index in [1.807, 2.05) is 41.3 Å².